The molecular formula is C15H18BrF3O. The van der Waals surface area contributed by atoms with Gasteiger partial charge in [-0.1, -0.05) is 34.5 Å². The summed E-state index contributed by atoms with van der Waals surface area (Å²) in [7, 11) is 0. The van der Waals surface area contributed by atoms with Crippen LogP contribution in [0.5, 0.6) is 0 Å². The van der Waals surface area contributed by atoms with E-state index in [0.29, 0.717) is 19.3 Å². The third-order valence-corrected chi connectivity index (χ3v) is 4.55. The summed E-state index contributed by atoms with van der Waals surface area (Å²) in [6.07, 6.45) is -2.94. The zero-order chi connectivity index (χ0) is 14.8. The van der Waals surface area contributed by atoms with Gasteiger partial charge in [-0.25, -0.2) is 0 Å². The third kappa shape index (κ3) is 4.22. The summed E-state index contributed by atoms with van der Waals surface area (Å²) in [4.78, 5) is 0. The maximum atomic E-state index is 12.8. The molecule has 112 valence electrons. The highest BCUT2D eigenvalue weighted by atomic mass is 79.9. The second-order valence-corrected chi connectivity index (χ2v) is 6.48. The van der Waals surface area contributed by atoms with Crippen molar-refractivity contribution in [2.75, 3.05) is 0 Å². The fourth-order valence-corrected chi connectivity index (χ4v) is 3.39. The Morgan fingerprint density at radius 2 is 2.05 bits per heavy atom. The molecule has 1 nitrogen and oxygen atoms in total. The van der Waals surface area contributed by atoms with E-state index in [1.807, 2.05) is 24.3 Å². The highest BCUT2D eigenvalue weighted by Gasteiger charge is 2.43. The fourth-order valence-electron chi connectivity index (χ4n) is 2.95. The van der Waals surface area contributed by atoms with Gasteiger partial charge in [-0.15, -0.1) is 0 Å². The topological polar surface area (TPSA) is 20.2 Å². The highest BCUT2D eigenvalue weighted by molar-refractivity contribution is 9.10. The molecule has 1 aliphatic carbocycles. The van der Waals surface area contributed by atoms with Crippen molar-refractivity contribution in [2.24, 2.45) is 11.8 Å². The van der Waals surface area contributed by atoms with E-state index in [1.54, 1.807) is 0 Å². The van der Waals surface area contributed by atoms with Crippen LogP contribution in [0.2, 0.25) is 0 Å². The van der Waals surface area contributed by atoms with Crippen LogP contribution in [0.15, 0.2) is 28.7 Å². The standard InChI is InChI=1S/C15H18BrF3O/c16-13-6-1-3-10(7-13)8-14(20)11-4-2-5-12(9-11)15(17,18)19/h1,3,6-7,11-12,14,20H,2,4-5,8-9H2. The summed E-state index contributed by atoms with van der Waals surface area (Å²) >= 11 is 3.35. The van der Waals surface area contributed by atoms with E-state index in [4.69, 9.17) is 0 Å². The summed E-state index contributed by atoms with van der Waals surface area (Å²) in [6.45, 7) is 0. The number of aliphatic hydroxyl groups is 1. The maximum Gasteiger partial charge on any atom is 0.391 e. The molecule has 1 saturated carbocycles. The van der Waals surface area contributed by atoms with Gasteiger partial charge in [0.2, 0.25) is 0 Å². The van der Waals surface area contributed by atoms with E-state index in [0.717, 1.165) is 10.0 Å². The van der Waals surface area contributed by atoms with Crippen molar-refractivity contribution < 1.29 is 18.3 Å². The number of aliphatic hydroxyl groups excluding tert-OH is 1. The largest absolute Gasteiger partial charge is 0.392 e. The first-order valence-electron chi connectivity index (χ1n) is 6.85. The normalized spacial score (nSPS) is 25.4. The highest BCUT2D eigenvalue weighted by Crippen LogP contribution is 2.41. The van der Waals surface area contributed by atoms with Crippen LogP contribution in [0, 0.1) is 11.8 Å². The van der Waals surface area contributed by atoms with Gasteiger partial charge in [-0.3, -0.25) is 0 Å². The van der Waals surface area contributed by atoms with Gasteiger partial charge < -0.3 is 5.11 Å². The van der Waals surface area contributed by atoms with Gasteiger partial charge in [0.15, 0.2) is 0 Å². The van der Waals surface area contributed by atoms with Crippen LogP contribution in [0.3, 0.4) is 0 Å². The second kappa shape index (κ2) is 6.48. The van der Waals surface area contributed by atoms with E-state index >= 15 is 0 Å². The summed E-state index contributed by atoms with van der Waals surface area (Å²) in [5.74, 6) is -1.51. The quantitative estimate of drug-likeness (QED) is 0.835. The lowest BCUT2D eigenvalue weighted by Crippen LogP contribution is -2.34. The predicted octanol–water partition coefficient (Wildman–Crippen LogP) is 4.72. The van der Waals surface area contributed by atoms with E-state index < -0.39 is 18.2 Å². The van der Waals surface area contributed by atoms with Crippen LogP contribution < -0.4 is 0 Å². The van der Waals surface area contributed by atoms with E-state index in [9.17, 15) is 18.3 Å². The number of alkyl halides is 3. The molecule has 0 bridgehead atoms. The monoisotopic (exact) mass is 350 g/mol. The van der Waals surface area contributed by atoms with Gasteiger partial charge in [0.25, 0.3) is 0 Å². The second-order valence-electron chi connectivity index (χ2n) is 5.57. The van der Waals surface area contributed by atoms with Gasteiger partial charge in [0, 0.05) is 4.47 Å². The Kier molecular flexibility index (Phi) is 5.13. The molecule has 1 N–H and O–H groups in total. The van der Waals surface area contributed by atoms with Crippen molar-refractivity contribution >= 4 is 15.9 Å². The first-order chi connectivity index (χ1) is 9.36. The SMILES string of the molecule is OC(Cc1cccc(Br)c1)C1CCCC(C(F)(F)F)C1. The first kappa shape index (κ1) is 15.8. The van der Waals surface area contributed by atoms with Crippen LogP contribution >= 0.6 is 15.9 Å². The molecule has 1 aliphatic rings. The Morgan fingerprint density at radius 1 is 1.30 bits per heavy atom. The number of hydrogen-bond donors (Lipinski definition) is 1. The van der Waals surface area contributed by atoms with Gasteiger partial charge >= 0.3 is 6.18 Å². The van der Waals surface area contributed by atoms with Crippen molar-refractivity contribution in [2.45, 2.75) is 44.4 Å². The molecule has 3 unspecified atom stereocenters. The van der Waals surface area contributed by atoms with Crippen molar-refractivity contribution in [1.82, 2.24) is 0 Å². The van der Waals surface area contributed by atoms with Gasteiger partial charge in [-0.05, 0) is 49.3 Å². The summed E-state index contributed by atoms with van der Waals surface area (Å²) in [5.41, 5.74) is 0.945. The zero-order valence-electron chi connectivity index (χ0n) is 11.0. The van der Waals surface area contributed by atoms with Gasteiger partial charge in [0.1, 0.15) is 0 Å². The molecule has 1 aromatic carbocycles. The van der Waals surface area contributed by atoms with E-state index in [-0.39, 0.29) is 18.8 Å². The van der Waals surface area contributed by atoms with Crippen molar-refractivity contribution in [1.29, 1.82) is 0 Å². The predicted molar refractivity (Wildman–Crippen MR) is 75.4 cm³/mol. The summed E-state index contributed by atoms with van der Waals surface area (Å²) in [6, 6.07) is 7.53. The summed E-state index contributed by atoms with van der Waals surface area (Å²) in [5, 5.41) is 10.2. The molecular weight excluding hydrogens is 333 g/mol. The molecule has 20 heavy (non-hydrogen) atoms. The maximum absolute atomic E-state index is 12.8. The van der Waals surface area contributed by atoms with E-state index in [1.165, 1.54) is 0 Å². The fraction of sp³-hybridized carbons (Fsp3) is 0.600. The minimum absolute atomic E-state index is 0.0542. The molecule has 0 saturated heterocycles. The minimum Gasteiger partial charge on any atom is -0.392 e. The van der Waals surface area contributed by atoms with Crippen LogP contribution in [0.4, 0.5) is 13.2 Å². The molecule has 0 aliphatic heterocycles. The Labute approximate surface area is 125 Å². The van der Waals surface area contributed by atoms with Crippen LogP contribution in [-0.4, -0.2) is 17.4 Å². The van der Waals surface area contributed by atoms with Crippen LogP contribution in [0.25, 0.3) is 0 Å². The number of hydrogen-bond acceptors (Lipinski definition) is 1. The summed E-state index contributed by atoms with van der Waals surface area (Å²) < 4.78 is 39.2. The third-order valence-electron chi connectivity index (χ3n) is 4.06. The molecule has 5 heteroatoms. The number of benzene rings is 1. The van der Waals surface area contributed by atoms with Crippen molar-refractivity contribution in [3.05, 3.63) is 34.3 Å². The first-order valence-corrected chi connectivity index (χ1v) is 7.65. The zero-order valence-corrected chi connectivity index (χ0v) is 12.6. The average Bonchev–Trinajstić information content (AvgIpc) is 2.38. The lowest BCUT2D eigenvalue weighted by Gasteiger charge is -2.33. The lowest BCUT2D eigenvalue weighted by atomic mass is 9.77. The Morgan fingerprint density at radius 3 is 2.70 bits per heavy atom. The lowest BCUT2D eigenvalue weighted by molar-refractivity contribution is -0.188. The van der Waals surface area contributed by atoms with Gasteiger partial charge in [-0.2, -0.15) is 13.2 Å². The molecule has 0 spiro atoms. The Hall–Kier alpha value is -0.550. The smallest absolute Gasteiger partial charge is 0.391 e. The molecule has 1 fully saturated rings. The van der Waals surface area contributed by atoms with Crippen molar-refractivity contribution in [3.8, 4) is 0 Å². The Balaban J connectivity index is 1.97. The molecule has 0 aromatic heterocycles. The van der Waals surface area contributed by atoms with Crippen LogP contribution in [-0.2, 0) is 6.42 Å². The molecule has 3 atom stereocenters. The van der Waals surface area contributed by atoms with Gasteiger partial charge in [0.05, 0.1) is 12.0 Å². The number of rotatable bonds is 3. The number of halogens is 4. The van der Waals surface area contributed by atoms with Crippen LogP contribution in [0.1, 0.15) is 31.2 Å². The molecule has 1 aromatic rings. The minimum atomic E-state index is -4.13. The Bertz CT molecular complexity index is 447. The molecule has 2 rings (SSSR count). The van der Waals surface area contributed by atoms with E-state index in [2.05, 4.69) is 15.9 Å². The molecule has 0 amide bonds. The molecule has 0 heterocycles. The molecule has 0 radical (unpaired) electrons. The van der Waals surface area contributed by atoms with Crippen molar-refractivity contribution in [3.63, 3.8) is 0 Å². The average molecular weight is 351 g/mol.